The summed E-state index contributed by atoms with van der Waals surface area (Å²) in [5.74, 6) is 0. The monoisotopic (exact) mass is 341 g/mol. The van der Waals surface area contributed by atoms with Gasteiger partial charge in [0.1, 0.15) is 11.0 Å². The molecule has 0 saturated carbocycles. The summed E-state index contributed by atoms with van der Waals surface area (Å²) in [6.45, 7) is 10.2. The van der Waals surface area contributed by atoms with Crippen LogP contribution in [-0.2, 0) is 17.4 Å². The summed E-state index contributed by atoms with van der Waals surface area (Å²) in [4.78, 5) is 0. The lowest BCUT2D eigenvalue weighted by Crippen LogP contribution is -2.25. The molecule has 0 spiro atoms. The minimum atomic E-state index is -1.21. The molecule has 0 amide bonds. The summed E-state index contributed by atoms with van der Waals surface area (Å²) >= 11 is 3.51. The largest absolute Gasteiger partial charge is 0.234 e. The topological polar surface area (TPSA) is 29.4 Å². The molecule has 1 aliphatic carbocycles. The molecular formula is C15H20BrNOS. The number of hydrogen-bond acceptors (Lipinski definition) is 1. The van der Waals surface area contributed by atoms with Crippen LogP contribution < -0.4 is 0 Å². The van der Waals surface area contributed by atoms with E-state index in [1.807, 2.05) is 26.8 Å². The number of nitrogens with zero attached hydrogens (tertiary/aromatic N) is 1. The Bertz CT molecular complexity index is 570. The van der Waals surface area contributed by atoms with E-state index in [4.69, 9.17) is 0 Å². The normalized spacial score (nSPS) is 21.5. The summed E-state index contributed by atoms with van der Waals surface area (Å²) in [7, 11) is -1.21. The van der Waals surface area contributed by atoms with Crippen LogP contribution >= 0.6 is 15.9 Å². The molecule has 0 heterocycles. The third kappa shape index (κ3) is 3.00. The third-order valence-corrected chi connectivity index (χ3v) is 5.18. The van der Waals surface area contributed by atoms with Gasteiger partial charge in [0.2, 0.25) is 0 Å². The highest BCUT2D eigenvalue weighted by Gasteiger charge is 2.36. The van der Waals surface area contributed by atoms with Crippen molar-refractivity contribution in [2.45, 2.75) is 45.8 Å². The van der Waals surface area contributed by atoms with E-state index in [9.17, 15) is 4.21 Å². The molecule has 0 unspecified atom stereocenters. The molecule has 2 rings (SSSR count). The van der Waals surface area contributed by atoms with Crippen LogP contribution in [0, 0.1) is 5.41 Å². The van der Waals surface area contributed by atoms with Crippen molar-refractivity contribution < 1.29 is 4.21 Å². The fraction of sp³-hybridized carbons (Fsp3) is 0.533. The molecule has 104 valence electrons. The Morgan fingerprint density at radius 1 is 1.32 bits per heavy atom. The van der Waals surface area contributed by atoms with E-state index < -0.39 is 11.0 Å². The summed E-state index contributed by atoms with van der Waals surface area (Å²) in [5, 5.41) is 0. The molecule has 1 aromatic carbocycles. The van der Waals surface area contributed by atoms with Crippen molar-refractivity contribution in [2.75, 3.05) is 0 Å². The van der Waals surface area contributed by atoms with Gasteiger partial charge in [0.25, 0.3) is 0 Å². The fourth-order valence-electron chi connectivity index (χ4n) is 2.26. The zero-order valence-corrected chi connectivity index (χ0v) is 14.5. The summed E-state index contributed by atoms with van der Waals surface area (Å²) < 4.78 is 17.6. The summed E-state index contributed by atoms with van der Waals surface area (Å²) in [5.41, 5.74) is 3.35. The Labute approximate surface area is 126 Å². The van der Waals surface area contributed by atoms with E-state index in [0.29, 0.717) is 0 Å². The molecule has 0 fully saturated rings. The Hall–Kier alpha value is -0.480. The Morgan fingerprint density at radius 2 is 1.95 bits per heavy atom. The molecule has 0 radical (unpaired) electrons. The molecule has 1 aliphatic rings. The second kappa shape index (κ2) is 4.81. The third-order valence-electron chi connectivity index (χ3n) is 3.29. The van der Waals surface area contributed by atoms with E-state index in [1.165, 1.54) is 5.56 Å². The number of fused-ring (bicyclic) bond motifs is 1. The Balaban J connectivity index is 2.52. The Morgan fingerprint density at radius 3 is 2.53 bits per heavy atom. The SMILES string of the molecule is CC1(C)Cc2cc(Br)ccc2/C1=N\[S@@](=O)C(C)(C)C. The van der Waals surface area contributed by atoms with Gasteiger partial charge in [-0.2, -0.15) is 4.40 Å². The van der Waals surface area contributed by atoms with Gasteiger partial charge in [-0.15, -0.1) is 0 Å². The van der Waals surface area contributed by atoms with Gasteiger partial charge in [-0.3, -0.25) is 0 Å². The van der Waals surface area contributed by atoms with Crippen molar-refractivity contribution >= 4 is 32.6 Å². The van der Waals surface area contributed by atoms with Gasteiger partial charge in [0.15, 0.2) is 0 Å². The van der Waals surface area contributed by atoms with Gasteiger partial charge in [0.05, 0.1) is 10.5 Å². The maximum absolute atomic E-state index is 12.3. The van der Waals surface area contributed by atoms with Crippen molar-refractivity contribution in [1.29, 1.82) is 0 Å². The minimum absolute atomic E-state index is 0.0516. The van der Waals surface area contributed by atoms with Gasteiger partial charge < -0.3 is 0 Å². The first-order valence-corrected chi connectivity index (χ1v) is 8.31. The standard InChI is InChI=1S/C15H20BrNOS/c1-14(2,3)19(18)17-13-12-7-6-11(16)8-10(12)9-15(13,4)5/h6-8H,9H2,1-5H3/b17-13+/t19-/m0/s1. The minimum Gasteiger partial charge on any atom is -0.234 e. The highest BCUT2D eigenvalue weighted by molar-refractivity contribution is 9.10. The van der Waals surface area contributed by atoms with Crippen molar-refractivity contribution in [3.8, 4) is 0 Å². The van der Waals surface area contributed by atoms with Gasteiger partial charge >= 0.3 is 0 Å². The lowest BCUT2D eigenvalue weighted by atomic mass is 9.88. The first kappa shape index (κ1) is 14.9. The highest BCUT2D eigenvalue weighted by atomic mass is 79.9. The lowest BCUT2D eigenvalue weighted by Gasteiger charge is -2.21. The molecule has 0 bridgehead atoms. The van der Waals surface area contributed by atoms with E-state index in [0.717, 1.165) is 22.2 Å². The average Bonchev–Trinajstić information content (AvgIpc) is 2.47. The maximum atomic E-state index is 12.3. The molecule has 0 saturated heterocycles. The molecule has 0 N–H and O–H groups in total. The number of benzene rings is 1. The average molecular weight is 342 g/mol. The molecule has 0 aromatic heterocycles. The lowest BCUT2D eigenvalue weighted by molar-refractivity contribution is 0.540. The zero-order valence-electron chi connectivity index (χ0n) is 12.1. The quantitative estimate of drug-likeness (QED) is 0.749. The first-order valence-electron chi connectivity index (χ1n) is 6.41. The number of rotatable bonds is 1. The van der Waals surface area contributed by atoms with Crippen LogP contribution in [0.25, 0.3) is 0 Å². The molecule has 19 heavy (non-hydrogen) atoms. The van der Waals surface area contributed by atoms with Gasteiger partial charge in [-0.05, 0) is 44.9 Å². The van der Waals surface area contributed by atoms with Crippen molar-refractivity contribution in [3.63, 3.8) is 0 Å². The van der Waals surface area contributed by atoms with Crippen LogP contribution in [0.15, 0.2) is 27.1 Å². The predicted molar refractivity (Wildman–Crippen MR) is 86.1 cm³/mol. The predicted octanol–water partition coefficient (Wildman–Crippen LogP) is 4.28. The first-order chi connectivity index (χ1) is 8.61. The van der Waals surface area contributed by atoms with E-state index >= 15 is 0 Å². The fourth-order valence-corrected chi connectivity index (χ4v) is 3.45. The second-order valence-corrected chi connectivity index (χ2v) is 9.48. The van der Waals surface area contributed by atoms with Crippen LogP contribution in [-0.4, -0.2) is 14.7 Å². The highest BCUT2D eigenvalue weighted by Crippen LogP contribution is 2.38. The van der Waals surface area contributed by atoms with E-state index in [2.05, 4.69) is 46.3 Å². The summed E-state index contributed by atoms with van der Waals surface area (Å²) in [6.07, 6.45) is 0.946. The second-order valence-electron chi connectivity index (χ2n) is 6.66. The van der Waals surface area contributed by atoms with Crippen molar-refractivity contribution in [3.05, 3.63) is 33.8 Å². The van der Waals surface area contributed by atoms with Crippen LogP contribution in [0.5, 0.6) is 0 Å². The smallest absolute Gasteiger partial charge is 0.145 e. The molecule has 1 atom stereocenters. The van der Waals surface area contributed by atoms with Crippen LogP contribution in [0.4, 0.5) is 0 Å². The number of halogens is 1. The number of hydrogen-bond donors (Lipinski definition) is 0. The zero-order chi connectivity index (χ0) is 14.4. The van der Waals surface area contributed by atoms with E-state index in [-0.39, 0.29) is 10.2 Å². The van der Waals surface area contributed by atoms with Gasteiger partial charge in [-0.25, -0.2) is 4.21 Å². The summed E-state index contributed by atoms with van der Waals surface area (Å²) in [6, 6.07) is 6.24. The van der Waals surface area contributed by atoms with E-state index in [1.54, 1.807) is 0 Å². The van der Waals surface area contributed by atoms with Crippen LogP contribution in [0.2, 0.25) is 0 Å². The molecule has 4 heteroatoms. The maximum Gasteiger partial charge on any atom is 0.145 e. The molecular weight excluding hydrogens is 322 g/mol. The van der Waals surface area contributed by atoms with Gasteiger partial charge in [0, 0.05) is 15.5 Å². The van der Waals surface area contributed by atoms with Crippen LogP contribution in [0.1, 0.15) is 45.7 Å². The van der Waals surface area contributed by atoms with Crippen molar-refractivity contribution in [2.24, 2.45) is 9.81 Å². The van der Waals surface area contributed by atoms with Crippen LogP contribution in [0.3, 0.4) is 0 Å². The molecule has 1 aromatic rings. The molecule has 0 aliphatic heterocycles. The van der Waals surface area contributed by atoms with Gasteiger partial charge in [-0.1, -0.05) is 35.8 Å². The van der Waals surface area contributed by atoms with Crippen molar-refractivity contribution in [1.82, 2.24) is 0 Å². The molecule has 2 nitrogen and oxygen atoms in total. The Kier molecular flexibility index (Phi) is 3.78.